The Labute approximate surface area is 76.8 Å². The summed E-state index contributed by atoms with van der Waals surface area (Å²) in [5.41, 5.74) is 6.35. The second-order valence-electron chi connectivity index (χ2n) is 3.37. The zero-order valence-corrected chi connectivity index (χ0v) is 7.49. The lowest BCUT2D eigenvalue weighted by molar-refractivity contribution is 0.134. The molecule has 4 nitrogen and oxygen atoms in total. The molecule has 1 aliphatic rings. The molecule has 1 heterocycles. The summed E-state index contributed by atoms with van der Waals surface area (Å²) < 4.78 is 5.42. The van der Waals surface area contributed by atoms with Crippen LogP contribution in [0.4, 0.5) is 0 Å². The summed E-state index contributed by atoms with van der Waals surface area (Å²) in [4.78, 5) is 4.24. The van der Waals surface area contributed by atoms with Crippen molar-refractivity contribution in [1.29, 1.82) is 0 Å². The standard InChI is InChI=1S/C9H14N2O2/c10-5-4-7(12)9-11-6-2-1-3-8(6)13-9/h7,12H,1-5,10H2. The van der Waals surface area contributed by atoms with Gasteiger partial charge in [-0.05, 0) is 25.8 Å². The van der Waals surface area contributed by atoms with Crippen LogP contribution in [0.25, 0.3) is 0 Å². The first-order valence-corrected chi connectivity index (χ1v) is 4.68. The molecule has 0 saturated heterocycles. The molecule has 0 radical (unpaired) electrons. The third-order valence-corrected chi connectivity index (χ3v) is 2.34. The normalized spacial score (nSPS) is 17.4. The SMILES string of the molecule is NCCC(O)c1nc2c(o1)CCC2. The van der Waals surface area contributed by atoms with Gasteiger partial charge in [0.15, 0.2) is 0 Å². The van der Waals surface area contributed by atoms with E-state index < -0.39 is 6.10 Å². The van der Waals surface area contributed by atoms with E-state index in [4.69, 9.17) is 10.2 Å². The number of rotatable bonds is 3. The molecule has 4 heteroatoms. The maximum atomic E-state index is 9.54. The van der Waals surface area contributed by atoms with Gasteiger partial charge in [-0.1, -0.05) is 0 Å². The average Bonchev–Trinajstić information content (AvgIpc) is 2.61. The Bertz CT molecular complexity index is 274. The third kappa shape index (κ3) is 1.59. The van der Waals surface area contributed by atoms with Crippen molar-refractivity contribution >= 4 is 0 Å². The van der Waals surface area contributed by atoms with E-state index in [0.717, 1.165) is 30.7 Å². The van der Waals surface area contributed by atoms with E-state index in [2.05, 4.69) is 4.98 Å². The van der Waals surface area contributed by atoms with E-state index in [1.807, 2.05) is 0 Å². The van der Waals surface area contributed by atoms with Gasteiger partial charge in [-0.3, -0.25) is 0 Å². The summed E-state index contributed by atoms with van der Waals surface area (Å²) in [5, 5.41) is 9.54. The number of fused-ring (bicyclic) bond motifs is 1. The fourth-order valence-electron chi connectivity index (χ4n) is 1.63. The van der Waals surface area contributed by atoms with Crippen LogP contribution >= 0.6 is 0 Å². The van der Waals surface area contributed by atoms with Gasteiger partial charge in [-0.15, -0.1) is 0 Å². The Morgan fingerprint density at radius 3 is 3.08 bits per heavy atom. The van der Waals surface area contributed by atoms with Crippen molar-refractivity contribution in [2.45, 2.75) is 31.8 Å². The van der Waals surface area contributed by atoms with Crippen molar-refractivity contribution in [2.24, 2.45) is 5.73 Å². The maximum Gasteiger partial charge on any atom is 0.223 e. The molecular weight excluding hydrogens is 168 g/mol. The monoisotopic (exact) mass is 182 g/mol. The second kappa shape index (κ2) is 3.47. The highest BCUT2D eigenvalue weighted by Crippen LogP contribution is 2.25. The van der Waals surface area contributed by atoms with Gasteiger partial charge in [0, 0.05) is 6.42 Å². The minimum absolute atomic E-state index is 0.440. The first kappa shape index (κ1) is 8.72. The van der Waals surface area contributed by atoms with Crippen LogP contribution in [0.3, 0.4) is 0 Å². The number of aliphatic hydroxyl groups excluding tert-OH is 1. The molecule has 0 aromatic carbocycles. The fraction of sp³-hybridized carbons (Fsp3) is 0.667. The molecule has 3 N–H and O–H groups in total. The largest absolute Gasteiger partial charge is 0.443 e. The van der Waals surface area contributed by atoms with Crippen LogP contribution in [-0.4, -0.2) is 16.6 Å². The Morgan fingerprint density at radius 2 is 2.38 bits per heavy atom. The quantitative estimate of drug-likeness (QED) is 0.715. The van der Waals surface area contributed by atoms with Crippen LogP contribution in [0, 0.1) is 0 Å². The summed E-state index contributed by atoms with van der Waals surface area (Å²) in [6.07, 6.45) is 2.94. The summed E-state index contributed by atoms with van der Waals surface area (Å²) in [5.74, 6) is 1.39. The number of hydrogen-bond acceptors (Lipinski definition) is 4. The predicted molar refractivity (Wildman–Crippen MR) is 47.2 cm³/mol. The molecule has 0 spiro atoms. The molecule has 1 atom stereocenters. The van der Waals surface area contributed by atoms with Crippen LogP contribution in [0.5, 0.6) is 0 Å². The molecular formula is C9H14N2O2. The van der Waals surface area contributed by atoms with Crippen molar-refractivity contribution in [3.63, 3.8) is 0 Å². The number of nitrogens with zero attached hydrogens (tertiary/aromatic N) is 1. The van der Waals surface area contributed by atoms with Gasteiger partial charge in [0.2, 0.25) is 5.89 Å². The molecule has 2 rings (SSSR count). The molecule has 72 valence electrons. The minimum Gasteiger partial charge on any atom is -0.443 e. The first-order valence-electron chi connectivity index (χ1n) is 4.68. The van der Waals surface area contributed by atoms with Gasteiger partial charge < -0.3 is 15.3 Å². The summed E-state index contributed by atoms with van der Waals surface area (Å²) in [7, 11) is 0. The van der Waals surface area contributed by atoms with Crippen molar-refractivity contribution in [3.05, 3.63) is 17.3 Å². The molecule has 0 bridgehead atoms. The Balaban J connectivity index is 2.13. The Kier molecular flexibility index (Phi) is 2.33. The van der Waals surface area contributed by atoms with E-state index >= 15 is 0 Å². The molecule has 1 aromatic rings. The van der Waals surface area contributed by atoms with Crippen LogP contribution in [0.15, 0.2) is 4.42 Å². The van der Waals surface area contributed by atoms with E-state index in [-0.39, 0.29) is 0 Å². The van der Waals surface area contributed by atoms with E-state index in [0.29, 0.717) is 18.9 Å². The number of hydrogen-bond donors (Lipinski definition) is 2. The number of aromatic nitrogens is 1. The molecule has 1 aliphatic carbocycles. The number of nitrogens with two attached hydrogens (primary N) is 1. The molecule has 0 saturated carbocycles. The van der Waals surface area contributed by atoms with Gasteiger partial charge in [-0.2, -0.15) is 0 Å². The van der Waals surface area contributed by atoms with Gasteiger partial charge in [0.1, 0.15) is 11.9 Å². The molecule has 0 fully saturated rings. The molecule has 1 unspecified atom stereocenters. The van der Waals surface area contributed by atoms with Crippen molar-refractivity contribution in [1.82, 2.24) is 4.98 Å². The van der Waals surface area contributed by atoms with Crippen LogP contribution in [-0.2, 0) is 12.8 Å². The predicted octanol–water partition coefficient (Wildman–Crippen LogP) is 0.546. The van der Waals surface area contributed by atoms with Crippen molar-refractivity contribution in [2.75, 3.05) is 6.54 Å². The minimum atomic E-state index is -0.629. The number of oxazole rings is 1. The van der Waals surface area contributed by atoms with E-state index in [9.17, 15) is 5.11 Å². The number of aryl methyl sites for hydroxylation is 2. The maximum absolute atomic E-state index is 9.54. The lowest BCUT2D eigenvalue weighted by Gasteiger charge is -2.03. The molecule has 1 aromatic heterocycles. The zero-order chi connectivity index (χ0) is 9.26. The highest BCUT2D eigenvalue weighted by atomic mass is 16.4. The van der Waals surface area contributed by atoms with Gasteiger partial charge in [-0.25, -0.2) is 4.98 Å². The first-order chi connectivity index (χ1) is 6.31. The molecule has 0 amide bonds. The molecule has 0 aliphatic heterocycles. The summed E-state index contributed by atoms with van der Waals surface area (Å²) in [6, 6.07) is 0. The van der Waals surface area contributed by atoms with E-state index in [1.165, 1.54) is 0 Å². The Hall–Kier alpha value is -0.870. The van der Waals surface area contributed by atoms with Gasteiger partial charge in [0.05, 0.1) is 5.69 Å². The topological polar surface area (TPSA) is 72.3 Å². The highest BCUT2D eigenvalue weighted by Gasteiger charge is 2.21. The smallest absolute Gasteiger partial charge is 0.223 e. The fourth-order valence-corrected chi connectivity index (χ4v) is 1.63. The van der Waals surface area contributed by atoms with Crippen molar-refractivity contribution in [3.8, 4) is 0 Å². The average molecular weight is 182 g/mol. The van der Waals surface area contributed by atoms with Crippen LogP contribution in [0.2, 0.25) is 0 Å². The van der Waals surface area contributed by atoms with Gasteiger partial charge >= 0.3 is 0 Å². The second-order valence-corrected chi connectivity index (χ2v) is 3.37. The lowest BCUT2D eigenvalue weighted by Crippen LogP contribution is -2.07. The van der Waals surface area contributed by atoms with Crippen LogP contribution < -0.4 is 5.73 Å². The summed E-state index contributed by atoms with van der Waals surface area (Å²) >= 11 is 0. The summed E-state index contributed by atoms with van der Waals surface area (Å²) in [6.45, 7) is 0.453. The van der Waals surface area contributed by atoms with Crippen molar-refractivity contribution < 1.29 is 9.52 Å². The highest BCUT2D eigenvalue weighted by molar-refractivity contribution is 5.16. The van der Waals surface area contributed by atoms with E-state index in [1.54, 1.807) is 0 Å². The molecule has 13 heavy (non-hydrogen) atoms. The third-order valence-electron chi connectivity index (χ3n) is 2.34. The Morgan fingerprint density at radius 1 is 1.54 bits per heavy atom. The van der Waals surface area contributed by atoms with Crippen LogP contribution in [0.1, 0.15) is 36.3 Å². The lowest BCUT2D eigenvalue weighted by atomic mass is 10.2. The zero-order valence-electron chi connectivity index (χ0n) is 7.49. The number of aliphatic hydroxyl groups is 1. The van der Waals surface area contributed by atoms with Gasteiger partial charge in [0.25, 0.3) is 0 Å².